The van der Waals surface area contributed by atoms with Gasteiger partial charge in [-0.15, -0.1) is 0 Å². The number of carboxylic acid groups (broad SMARTS) is 2. The number of nitrogens with one attached hydrogen (secondary N) is 2. The maximum absolute atomic E-state index is 11.4. The molecule has 9 heteroatoms. The Morgan fingerprint density at radius 2 is 1.07 bits per heavy atom. The number of aromatic amines is 2. The predicted octanol–water partition coefficient (Wildman–Crippen LogP) is 5.14. The van der Waals surface area contributed by atoms with Crippen LogP contribution in [-0.2, 0) is 26.4 Å². The van der Waals surface area contributed by atoms with Crippen LogP contribution in [0.5, 0.6) is 0 Å². The summed E-state index contributed by atoms with van der Waals surface area (Å²) in [6, 6.07) is 7.78. The molecule has 1 radical (unpaired) electrons. The van der Waals surface area contributed by atoms with Gasteiger partial charge < -0.3 is 29.8 Å². The van der Waals surface area contributed by atoms with Crippen molar-refractivity contribution in [3.8, 4) is 0 Å². The van der Waals surface area contributed by atoms with Crippen LogP contribution in [0.1, 0.15) is 84.6 Å². The molecule has 0 aromatic carbocycles. The number of aryl methyl sites for hydroxylation is 2. The molecule has 221 valence electrons. The van der Waals surface area contributed by atoms with Gasteiger partial charge in [-0.1, -0.05) is 25.3 Å². The number of hydrogen-bond donors (Lipinski definition) is 2. The second kappa shape index (κ2) is 12.4. The Hall–Kier alpha value is -4.47. The second-order valence-electron chi connectivity index (χ2n) is 10.7. The molecule has 8 bridgehead atoms. The molecule has 0 aliphatic carbocycles. The summed E-state index contributed by atoms with van der Waals surface area (Å²) in [5.41, 5.74) is 13.3. The summed E-state index contributed by atoms with van der Waals surface area (Å²) >= 11 is 0. The van der Waals surface area contributed by atoms with Crippen LogP contribution in [-0.4, -0.2) is 31.9 Å². The minimum absolute atomic E-state index is 0. The summed E-state index contributed by atoms with van der Waals surface area (Å²) < 4.78 is 0. The summed E-state index contributed by atoms with van der Waals surface area (Å²) in [6.07, 6.45) is 3.79. The molecule has 0 amide bonds. The Balaban J connectivity index is 0.00000423. The van der Waals surface area contributed by atoms with Crippen molar-refractivity contribution in [2.75, 3.05) is 0 Å². The van der Waals surface area contributed by atoms with Crippen LogP contribution >= 0.6 is 0 Å². The van der Waals surface area contributed by atoms with Crippen molar-refractivity contribution in [3.63, 3.8) is 0 Å². The number of allylic oxidation sites excluding steroid dienone is 4. The van der Waals surface area contributed by atoms with Crippen molar-refractivity contribution in [2.24, 2.45) is 0 Å². The van der Waals surface area contributed by atoms with Gasteiger partial charge in [-0.3, -0.25) is 0 Å². The first-order valence-corrected chi connectivity index (χ1v) is 13.8. The van der Waals surface area contributed by atoms with E-state index in [1.54, 1.807) is 6.08 Å². The first-order valence-electron chi connectivity index (χ1n) is 13.8. The van der Waals surface area contributed by atoms with E-state index in [4.69, 9.17) is 9.97 Å². The van der Waals surface area contributed by atoms with Crippen molar-refractivity contribution in [3.05, 3.63) is 82.5 Å². The molecular weight excluding hydrogens is 587 g/mol. The summed E-state index contributed by atoms with van der Waals surface area (Å²) in [7, 11) is 0. The summed E-state index contributed by atoms with van der Waals surface area (Å²) in [5, 5.41) is 22.8. The minimum atomic E-state index is -1.15. The van der Waals surface area contributed by atoms with E-state index in [0.717, 1.165) is 66.6 Å². The molecule has 0 atom stereocenters. The molecule has 0 spiro atoms. The fourth-order valence-electron chi connectivity index (χ4n) is 5.76. The molecule has 3 aromatic heterocycles. The normalized spacial score (nSPS) is 12.7. The quantitative estimate of drug-likeness (QED) is 0.358. The van der Waals surface area contributed by atoms with E-state index >= 15 is 0 Å². The third kappa shape index (κ3) is 5.91. The molecule has 2 aliphatic rings. The smallest absolute Gasteiger partial charge is 0.550 e. The van der Waals surface area contributed by atoms with Crippen molar-refractivity contribution >= 4 is 68.4 Å². The van der Waals surface area contributed by atoms with E-state index in [1.807, 2.05) is 58.0 Å². The Kier molecular flexibility index (Phi) is 9.08. The monoisotopic (exact) mass is 619 g/mol. The summed E-state index contributed by atoms with van der Waals surface area (Å²) in [4.78, 5) is 39.7. The van der Waals surface area contributed by atoms with Crippen molar-refractivity contribution in [2.45, 2.75) is 53.4 Å². The number of carboxylic acids is 2. The number of aromatic nitrogens is 4. The van der Waals surface area contributed by atoms with Gasteiger partial charge in [-0.2, -0.15) is 0 Å². The van der Waals surface area contributed by atoms with Gasteiger partial charge in [-0.25, -0.2) is 9.97 Å². The standard InChI is InChI=1S/C34H34N4O4.Co/c1-7-21-17(3)25-13-26-19(5)23(9-11-33(39)40)31(37-26)16-32-24(10-12-34(41)42)20(6)28(38-32)15-30-22(8-2)18(4)27(36-30)14-29(21)35-25;/h7-8,13-16,35-36H,1-2,9-12H2,3-6H3,(H,39,40)(H,41,42);/q;+2/p-2. The second-order valence-corrected chi connectivity index (χ2v) is 10.7. The molecule has 43 heavy (non-hydrogen) atoms. The van der Waals surface area contributed by atoms with Crippen LogP contribution in [0, 0.1) is 13.8 Å². The number of carbonyl (C=O) groups excluding carboxylic acids is 2. The number of aliphatic carboxylic acids is 2. The van der Waals surface area contributed by atoms with Crippen LogP contribution in [0.4, 0.5) is 0 Å². The van der Waals surface area contributed by atoms with E-state index in [9.17, 15) is 19.8 Å². The first kappa shape index (κ1) is 31.5. The van der Waals surface area contributed by atoms with Gasteiger partial charge in [0.05, 0.1) is 22.8 Å². The van der Waals surface area contributed by atoms with E-state index in [-0.39, 0.29) is 42.5 Å². The van der Waals surface area contributed by atoms with E-state index in [1.165, 1.54) is 0 Å². The number of fused-ring (bicyclic) bond motifs is 8. The molecule has 8 nitrogen and oxygen atoms in total. The number of hydrogen-bond acceptors (Lipinski definition) is 6. The van der Waals surface area contributed by atoms with Crippen LogP contribution in [0.15, 0.2) is 37.4 Å². The number of rotatable bonds is 8. The molecule has 0 unspecified atom stereocenters. The van der Waals surface area contributed by atoms with Gasteiger partial charge in [0.15, 0.2) is 0 Å². The summed E-state index contributed by atoms with van der Waals surface area (Å²) in [5.74, 6) is -2.29. The molecule has 3 aromatic rings. The number of nitrogens with zero attached hydrogens (tertiary/aromatic N) is 2. The van der Waals surface area contributed by atoms with Gasteiger partial charge in [0.2, 0.25) is 0 Å². The van der Waals surface area contributed by atoms with Crippen molar-refractivity contribution in [1.82, 2.24) is 19.9 Å². The largest absolute Gasteiger partial charge is 2.00 e. The maximum atomic E-state index is 11.4. The predicted molar refractivity (Wildman–Crippen MR) is 164 cm³/mol. The minimum Gasteiger partial charge on any atom is -0.550 e. The molecular formula is C34H32CoN4O4. The SMILES string of the molecule is C=Cc1c(C)c2cc3[nH]c(cc4nc(cc5nc(cc1[nH]2)C(C)=C5CCC(=O)[O-])C(CCC(=O)[O-])=C4C)c(C)c3C=C.[Co+2]. The van der Waals surface area contributed by atoms with Gasteiger partial charge in [0.25, 0.3) is 0 Å². The van der Waals surface area contributed by atoms with Crippen molar-refractivity contribution < 1.29 is 36.6 Å². The molecule has 2 N–H and O–H groups in total. The molecule has 0 saturated carbocycles. The van der Waals surface area contributed by atoms with Crippen LogP contribution in [0.3, 0.4) is 0 Å². The van der Waals surface area contributed by atoms with Crippen molar-refractivity contribution in [1.29, 1.82) is 0 Å². The first-order chi connectivity index (χ1) is 20.0. The molecule has 2 aliphatic heterocycles. The topological polar surface area (TPSA) is 138 Å². The van der Waals surface area contributed by atoms with Crippen LogP contribution in [0.25, 0.3) is 56.5 Å². The zero-order valence-corrected chi connectivity index (χ0v) is 25.6. The Morgan fingerprint density at radius 3 is 1.49 bits per heavy atom. The van der Waals surface area contributed by atoms with Crippen LogP contribution < -0.4 is 10.2 Å². The maximum Gasteiger partial charge on any atom is 2.00 e. The molecule has 0 saturated heterocycles. The molecule has 5 rings (SSSR count). The Bertz CT molecular complexity index is 1920. The fourth-order valence-corrected chi connectivity index (χ4v) is 5.76. The van der Waals surface area contributed by atoms with E-state index in [2.05, 4.69) is 23.1 Å². The average molecular weight is 620 g/mol. The number of carbonyl (C=O) groups is 2. The van der Waals surface area contributed by atoms with Gasteiger partial charge >= 0.3 is 16.8 Å². The zero-order valence-electron chi connectivity index (χ0n) is 24.6. The zero-order chi connectivity index (χ0) is 30.3. The van der Waals surface area contributed by atoms with Crippen LogP contribution in [0.2, 0.25) is 0 Å². The van der Waals surface area contributed by atoms with Gasteiger partial charge in [0.1, 0.15) is 0 Å². The summed E-state index contributed by atoms with van der Waals surface area (Å²) in [6.45, 7) is 16.0. The van der Waals surface area contributed by atoms with Gasteiger partial charge in [0, 0.05) is 45.1 Å². The van der Waals surface area contributed by atoms with E-state index in [0.29, 0.717) is 22.8 Å². The van der Waals surface area contributed by atoms with Gasteiger partial charge in [-0.05, 0) is 111 Å². The molecule has 0 fully saturated rings. The fraction of sp³-hybridized carbons (Fsp3) is 0.235. The average Bonchev–Trinajstić information content (AvgIpc) is 3.59. The molecule has 5 heterocycles. The third-order valence-corrected chi connectivity index (χ3v) is 8.20. The Labute approximate surface area is 260 Å². The third-order valence-electron chi connectivity index (χ3n) is 8.20. The number of H-pyrrole nitrogens is 2. The Morgan fingerprint density at radius 1 is 0.674 bits per heavy atom. The van der Waals surface area contributed by atoms with E-state index < -0.39 is 11.9 Å².